The molecular weight excluding hydrogens is 411 g/mol. The molecule has 2 aromatic heterocycles. The molecule has 2 amide bonds. The summed E-state index contributed by atoms with van der Waals surface area (Å²) in [6, 6.07) is 7.59. The molecule has 0 aliphatic carbocycles. The van der Waals surface area contributed by atoms with Crippen LogP contribution in [-0.2, 0) is 25.3 Å². The van der Waals surface area contributed by atoms with Gasteiger partial charge >= 0.3 is 18.9 Å². The highest BCUT2D eigenvalue weighted by atomic mass is 16.6. The van der Waals surface area contributed by atoms with Gasteiger partial charge in [0.2, 0.25) is 0 Å². The summed E-state index contributed by atoms with van der Waals surface area (Å²) in [7, 11) is -0.840. The molecule has 2 atom stereocenters. The molecule has 1 aromatic carbocycles. The Hall–Kier alpha value is -3.24. The van der Waals surface area contributed by atoms with E-state index in [1.807, 2.05) is 45.0 Å². The van der Waals surface area contributed by atoms with Gasteiger partial charge in [-0.25, -0.2) is 4.98 Å². The molecule has 1 aliphatic rings. The van der Waals surface area contributed by atoms with Gasteiger partial charge in [-0.2, -0.15) is 0 Å². The zero-order valence-electron chi connectivity index (χ0n) is 18.2. The molecule has 166 valence electrons. The second-order valence-corrected chi connectivity index (χ2v) is 8.53. The van der Waals surface area contributed by atoms with Gasteiger partial charge in [0.1, 0.15) is 5.58 Å². The number of rotatable bonds is 5. The Kier molecular flexibility index (Phi) is 5.99. The van der Waals surface area contributed by atoms with Crippen LogP contribution in [0.15, 0.2) is 53.5 Å². The van der Waals surface area contributed by atoms with Crippen molar-refractivity contribution in [3.63, 3.8) is 0 Å². The number of fused-ring (bicyclic) bond motifs is 1. The molecule has 10 heteroatoms. The maximum atomic E-state index is 13.0. The van der Waals surface area contributed by atoms with E-state index in [-0.39, 0.29) is 18.3 Å². The smallest absolute Gasteiger partial charge is 0.464 e. The Balaban J connectivity index is 1.81. The lowest BCUT2D eigenvalue weighted by molar-refractivity contribution is -0.136. The SMILES string of the molecule is CC1CC(C)(C)OB([C@H](Cc2coc3ccccc23)N(C(=O)C(N)=O)c2cnccn2)O1. The van der Waals surface area contributed by atoms with Crippen molar-refractivity contribution in [1.29, 1.82) is 0 Å². The van der Waals surface area contributed by atoms with E-state index in [2.05, 4.69) is 9.97 Å². The number of carbonyl (C=O) groups excluding carboxylic acids is 2. The van der Waals surface area contributed by atoms with Crippen molar-refractivity contribution < 1.29 is 23.3 Å². The first-order valence-electron chi connectivity index (χ1n) is 10.4. The molecule has 0 bridgehead atoms. The summed E-state index contributed by atoms with van der Waals surface area (Å²) < 4.78 is 18.1. The van der Waals surface area contributed by atoms with Crippen LogP contribution in [0.2, 0.25) is 0 Å². The van der Waals surface area contributed by atoms with Crippen LogP contribution in [0.25, 0.3) is 11.0 Å². The second-order valence-electron chi connectivity index (χ2n) is 8.53. The number of benzene rings is 1. The monoisotopic (exact) mass is 436 g/mol. The summed E-state index contributed by atoms with van der Waals surface area (Å²) in [5.41, 5.74) is 6.46. The van der Waals surface area contributed by atoms with Crippen LogP contribution >= 0.6 is 0 Å². The number of hydrogen-bond acceptors (Lipinski definition) is 7. The number of anilines is 1. The van der Waals surface area contributed by atoms with Gasteiger partial charge in [0, 0.05) is 23.9 Å². The predicted molar refractivity (Wildman–Crippen MR) is 119 cm³/mol. The Morgan fingerprint density at radius 1 is 1.31 bits per heavy atom. The quantitative estimate of drug-likeness (QED) is 0.481. The van der Waals surface area contributed by atoms with Gasteiger partial charge in [-0.15, -0.1) is 0 Å². The molecule has 1 aliphatic heterocycles. The highest BCUT2D eigenvalue weighted by Gasteiger charge is 2.47. The van der Waals surface area contributed by atoms with Gasteiger partial charge in [0.15, 0.2) is 5.82 Å². The third kappa shape index (κ3) is 4.51. The summed E-state index contributed by atoms with van der Waals surface area (Å²) in [5.74, 6) is -2.61. The van der Waals surface area contributed by atoms with Crippen LogP contribution in [0.5, 0.6) is 0 Å². The molecule has 1 saturated heterocycles. The van der Waals surface area contributed by atoms with Gasteiger partial charge in [0.25, 0.3) is 0 Å². The van der Waals surface area contributed by atoms with E-state index >= 15 is 0 Å². The van der Waals surface area contributed by atoms with Crippen LogP contribution in [-0.4, -0.2) is 46.5 Å². The molecular formula is C22H25BN4O5. The summed E-state index contributed by atoms with van der Waals surface area (Å²) in [6.45, 7) is 5.88. The van der Waals surface area contributed by atoms with Crippen molar-refractivity contribution in [3.8, 4) is 0 Å². The van der Waals surface area contributed by atoms with Crippen LogP contribution in [0.1, 0.15) is 32.8 Å². The average molecular weight is 436 g/mol. The van der Waals surface area contributed by atoms with E-state index < -0.39 is 30.5 Å². The maximum absolute atomic E-state index is 13.0. The molecule has 0 saturated carbocycles. The zero-order chi connectivity index (χ0) is 22.9. The molecule has 3 aromatic rings. The van der Waals surface area contributed by atoms with Crippen molar-refractivity contribution >= 4 is 35.7 Å². The Morgan fingerprint density at radius 2 is 2.09 bits per heavy atom. The molecule has 0 radical (unpaired) electrons. The predicted octanol–water partition coefficient (Wildman–Crippen LogP) is 2.28. The summed E-state index contributed by atoms with van der Waals surface area (Å²) in [5, 5.41) is 0.895. The first-order chi connectivity index (χ1) is 15.2. The van der Waals surface area contributed by atoms with E-state index in [1.165, 1.54) is 23.5 Å². The minimum Gasteiger partial charge on any atom is -0.464 e. The average Bonchev–Trinajstić information content (AvgIpc) is 3.15. The number of para-hydroxylation sites is 1. The number of furan rings is 1. The Morgan fingerprint density at radius 3 is 2.78 bits per heavy atom. The number of nitrogens with zero attached hydrogens (tertiary/aromatic N) is 3. The van der Waals surface area contributed by atoms with Crippen molar-refractivity contribution in [2.24, 2.45) is 5.73 Å². The number of carbonyl (C=O) groups is 2. The van der Waals surface area contributed by atoms with Crippen LogP contribution in [0, 0.1) is 0 Å². The molecule has 3 heterocycles. The molecule has 1 fully saturated rings. The molecule has 0 spiro atoms. The normalized spacial score (nSPS) is 19.0. The summed E-state index contributed by atoms with van der Waals surface area (Å²) in [4.78, 5) is 34.5. The largest absolute Gasteiger partial charge is 0.482 e. The van der Waals surface area contributed by atoms with Crippen LogP contribution < -0.4 is 10.6 Å². The van der Waals surface area contributed by atoms with Gasteiger partial charge in [-0.1, -0.05) is 18.2 Å². The fourth-order valence-corrected chi connectivity index (χ4v) is 4.21. The van der Waals surface area contributed by atoms with Crippen LogP contribution in [0.3, 0.4) is 0 Å². The number of primary amides is 1. The standard InChI is InChI=1S/C22H25BN4O5/c1-14-11-22(2,3)32-23(31-14)18(10-15-13-30-17-7-5-4-6-16(15)17)27(21(29)20(24)28)19-12-25-8-9-26-19/h4-9,12-14,18H,10-11H2,1-3H3,(H2,24,28)/t14?,18-/m0/s1. The first kappa shape index (κ1) is 22.0. The number of nitrogens with two attached hydrogens (primary N) is 1. The molecule has 1 unspecified atom stereocenters. The van der Waals surface area contributed by atoms with Gasteiger partial charge in [-0.05, 0) is 45.2 Å². The van der Waals surface area contributed by atoms with Crippen molar-refractivity contribution in [3.05, 3.63) is 54.7 Å². The van der Waals surface area contributed by atoms with Crippen molar-refractivity contribution in [2.45, 2.75) is 51.3 Å². The highest BCUT2D eigenvalue weighted by Crippen LogP contribution is 2.32. The van der Waals surface area contributed by atoms with E-state index in [0.29, 0.717) is 12.0 Å². The lowest BCUT2D eigenvalue weighted by atomic mass is 9.70. The first-order valence-corrected chi connectivity index (χ1v) is 10.4. The van der Waals surface area contributed by atoms with E-state index in [1.54, 1.807) is 6.26 Å². The van der Waals surface area contributed by atoms with E-state index in [0.717, 1.165) is 10.9 Å². The molecule has 4 rings (SSSR count). The Bertz CT molecular complexity index is 1120. The van der Waals surface area contributed by atoms with E-state index in [9.17, 15) is 9.59 Å². The summed E-state index contributed by atoms with van der Waals surface area (Å²) >= 11 is 0. The van der Waals surface area contributed by atoms with E-state index in [4.69, 9.17) is 19.5 Å². The van der Waals surface area contributed by atoms with Gasteiger partial charge < -0.3 is 19.5 Å². The number of hydrogen-bond donors (Lipinski definition) is 1. The molecule has 32 heavy (non-hydrogen) atoms. The number of aromatic nitrogens is 2. The fourth-order valence-electron chi connectivity index (χ4n) is 4.21. The fraction of sp³-hybridized carbons (Fsp3) is 0.364. The van der Waals surface area contributed by atoms with Crippen molar-refractivity contribution in [1.82, 2.24) is 9.97 Å². The molecule has 2 N–H and O–H groups in total. The lowest BCUT2D eigenvalue weighted by Gasteiger charge is -2.43. The van der Waals surface area contributed by atoms with Crippen molar-refractivity contribution in [2.75, 3.05) is 4.90 Å². The second kappa shape index (κ2) is 8.72. The lowest BCUT2D eigenvalue weighted by Crippen LogP contribution is -2.61. The minimum absolute atomic E-state index is 0.125. The maximum Gasteiger partial charge on any atom is 0.482 e. The van der Waals surface area contributed by atoms with Gasteiger partial charge in [0.05, 0.1) is 24.0 Å². The number of amides is 2. The Labute approximate surface area is 186 Å². The topological polar surface area (TPSA) is 121 Å². The zero-order valence-corrected chi connectivity index (χ0v) is 18.2. The third-order valence-electron chi connectivity index (χ3n) is 5.44. The highest BCUT2D eigenvalue weighted by molar-refractivity contribution is 6.51. The van der Waals surface area contributed by atoms with Crippen LogP contribution in [0.4, 0.5) is 5.82 Å². The summed E-state index contributed by atoms with van der Waals surface area (Å²) in [6.07, 6.45) is 6.79. The minimum atomic E-state index is -1.11. The molecule has 9 nitrogen and oxygen atoms in total. The third-order valence-corrected chi connectivity index (χ3v) is 5.44. The van der Waals surface area contributed by atoms with Gasteiger partial charge in [-0.3, -0.25) is 19.5 Å².